The Morgan fingerprint density at radius 1 is 1.07 bits per heavy atom. The molecule has 1 rings (SSSR count). The summed E-state index contributed by atoms with van der Waals surface area (Å²) in [7, 11) is 0. The number of alkyl halides is 1. The Kier molecular flexibility index (Phi) is 2.67. The zero-order chi connectivity index (χ0) is 11.5. The predicted octanol–water partition coefficient (Wildman–Crippen LogP) is 1.62. The maximum absolute atomic E-state index is 9.02. The summed E-state index contributed by atoms with van der Waals surface area (Å²) in [6.45, 7) is 0. The molecule has 5 heteroatoms. The van der Waals surface area contributed by atoms with Gasteiger partial charge in [0.2, 0.25) is 0 Å². The van der Waals surface area contributed by atoms with E-state index in [1.54, 1.807) is 30.4 Å². The summed E-state index contributed by atoms with van der Waals surface area (Å²) >= 11 is 5.85. The normalized spacial score (nSPS) is 25.3. The highest BCUT2D eigenvalue weighted by atomic mass is 35.5. The van der Waals surface area contributed by atoms with Crippen molar-refractivity contribution in [3.05, 3.63) is 12.2 Å². The highest BCUT2D eigenvalue weighted by Gasteiger charge is 2.59. The second-order valence-electron chi connectivity index (χ2n) is 3.19. The van der Waals surface area contributed by atoms with Gasteiger partial charge < -0.3 is 0 Å². The monoisotopic (exact) mass is 216 g/mol. The van der Waals surface area contributed by atoms with E-state index in [0.29, 0.717) is 0 Å². The molecule has 72 valence electrons. The van der Waals surface area contributed by atoms with Crippen LogP contribution in [0.2, 0.25) is 0 Å². The number of hydrogen-bond acceptors (Lipinski definition) is 4. The minimum absolute atomic E-state index is 0.0460. The van der Waals surface area contributed by atoms with E-state index in [4.69, 9.17) is 32.6 Å². The zero-order valence-electron chi connectivity index (χ0n) is 7.61. The standard InChI is InChI=1S/C10H5ClN4/c11-8-2-1-3-9(4-12,5-13)10(8,6-14)7-15/h1-2,8H,3H2/t8-/m1/s1. The van der Waals surface area contributed by atoms with E-state index in [0.717, 1.165) is 0 Å². The molecule has 4 nitrogen and oxygen atoms in total. The van der Waals surface area contributed by atoms with Crippen molar-refractivity contribution in [2.24, 2.45) is 10.8 Å². The van der Waals surface area contributed by atoms with Crippen LogP contribution in [0.25, 0.3) is 0 Å². The minimum atomic E-state index is -1.80. The molecule has 1 atom stereocenters. The highest BCUT2D eigenvalue weighted by molar-refractivity contribution is 6.23. The molecule has 0 aromatic rings. The molecule has 0 radical (unpaired) electrons. The van der Waals surface area contributed by atoms with Gasteiger partial charge >= 0.3 is 0 Å². The van der Waals surface area contributed by atoms with E-state index in [1.165, 1.54) is 6.08 Å². The average Bonchev–Trinajstić information content (AvgIpc) is 2.29. The predicted molar refractivity (Wildman–Crippen MR) is 50.7 cm³/mol. The largest absolute Gasteiger partial charge is 0.196 e. The number of hydrogen-bond donors (Lipinski definition) is 0. The minimum Gasteiger partial charge on any atom is -0.196 e. The maximum atomic E-state index is 9.02. The molecule has 0 fully saturated rings. The Balaban J connectivity index is 3.52. The summed E-state index contributed by atoms with van der Waals surface area (Å²) in [6.07, 6.45) is 3.07. The van der Waals surface area contributed by atoms with Crippen LogP contribution in [0.3, 0.4) is 0 Å². The van der Waals surface area contributed by atoms with Gasteiger partial charge in [-0.3, -0.25) is 0 Å². The first-order chi connectivity index (χ1) is 7.12. The van der Waals surface area contributed by atoms with Crippen molar-refractivity contribution in [3.63, 3.8) is 0 Å². The molecule has 0 saturated carbocycles. The van der Waals surface area contributed by atoms with Crippen molar-refractivity contribution in [2.45, 2.75) is 11.8 Å². The Labute approximate surface area is 92.2 Å². The van der Waals surface area contributed by atoms with Gasteiger partial charge in [0.05, 0.1) is 29.7 Å². The molecular formula is C10H5ClN4. The Morgan fingerprint density at radius 3 is 1.93 bits per heavy atom. The third kappa shape index (κ3) is 1.17. The number of allylic oxidation sites excluding steroid dienone is 2. The molecule has 1 aliphatic rings. The third-order valence-corrected chi connectivity index (χ3v) is 3.02. The van der Waals surface area contributed by atoms with Gasteiger partial charge in [-0.05, 0) is 6.42 Å². The number of halogens is 1. The van der Waals surface area contributed by atoms with Crippen molar-refractivity contribution >= 4 is 11.6 Å². The van der Waals surface area contributed by atoms with E-state index < -0.39 is 16.2 Å². The molecule has 0 aromatic heterocycles. The Bertz CT molecular complexity index is 438. The van der Waals surface area contributed by atoms with Gasteiger partial charge in [0.1, 0.15) is 0 Å². The first kappa shape index (κ1) is 11.1. The van der Waals surface area contributed by atoms with Gasteiger partial charge in [-0.15, -0.1) is 11.6 Å². The molecule has 1 aliphatic carbocycles. The van der Waals surface area contributed by atoms with E-state index in [-0.39, 0.29) is 6.42 Å². The maximum Gasteiger partial charge on any atom is 0.195 e. The molecule has 15 heavy (non-hydrogen) atoms. The molecule has 0 aromatic carbocycles. The average molecular weight is 217 g/mol. The molecule has 0 saturated heterocycles. The first-order valence-corrected chi connectivity index (χ1v) is 4.52. The fraction of sp³-hybridized carbons (Fsp3) is 0.400. The van der Waals surface area contributed by atoms with Crippen molar-refractivity contribution in [3.8, 4) is 24.3 Å². The van der Waals surface area contributed by atoms with Crippen molar-refractivity contribution in [1.29, 1.82) is 21.0 Å². The molecule has 0 N–H and O–H groups in total. The summed E-state index contributed by atoms with van der Waals surface area (Å²) in [5.74, 6) is 0. The Morgan fingerprint density at radius 2 is 1.60 bits per heavy atom. The smallest absolute Gasteiger partial charge is 0.195 e. The summed E-state index contributed by atoms with van der Waals surface area (Å²) < 4.78 is 0. The topological polar surface area (TPSA) is 95.2 Å². The highest BCUT2D eigenvalue weighted by Crippen LogP contribution is 2.49. The molecule has 0 bridgehead atoms. The van der Waals surface area contributed by atoms with Crippen LogP contribution >= 0.6 is 11.6 Å². The van der Waals surface area contributed by atoms with E-state index in [1.807, 2.05) is 0 Å². The lowest BCUT2D eigenvalue weighted by Crippen LogP contribution is -2.46. The summed E-state index contributed by atoms with van der Waals surface area (Å²) in [5, 5.41) is 35.1. The SMILES string of the molecule is N#CC1(C#N)CC=C[C@@H](Cl)C1(C#N)C#N. The lowest BCUT2D eigenvalue weighted by molar-refractivity contribution is 0.295. The van der Waals surface area contributed by atoms with Gasteiger partial charge in [0.25, 0.3) is 0 Å². The third-order valence-electron chi connectivity index (χ3n) is 2.55. The number of nitriles is 4. The van der Waals surface area contributed by atoms with Crippen LogP contribution in [-0.2, 0) is 0 Å². The van der Waals surface area contributed by atoms with Crippen molar-refractivity contribution in [1.82, 2.24) is 0 Å². The van der Waals surface area contributed by atoms with Gasteiger partial charge in [-0.25, -0.2) is 0 Å². The molecule has 0 aliphatic heterocycles. The summed E-state index contributed by atoms with van der Waals surface area (Å²) in [4.78, 5) is 0. The zero-order valence-corrected chi connectivity index (χ0v) is 8.36. The van der Waals surface area contributed by atoms with Crippen LogP contribution in [0, 0.1) is 56.2 Å². The lowest BCUT2D eigenvalue weighted by Gasteiger charge is -2.35. The van der Waals surface area contributed by atoms with Crippen LogP contribution in [-0.4, -0.2) is 5.38 Å². The van der Waals surface area contributed by atoms with E-state index in [9.17, 15) is 0 Å². The van der Waals surface area contributed by atoms with Gasteiger partial charge in [0, 0.05) is 0 Å². The fourth-order valence-electron chi connectivity index (χ4n) is 1.54. The molecule has 0 amide bonds. The van der Waals surface area contributed by atoms with Crippen LogP contribution in [0.4, 0.5) is 0 Å². The number of rotatable bonds is 0. The van der Waals surface area contributed by atoms with Gasteiger partial charge in [-0.1, -0.05) is 12.2 Å². The lowest BCUT2D eigenvalue weighted by atomic mass is 9.60. The van der Waals surface area contributed by atoms with Crippen LogP contribution in [0.15, 0.2) is 12.2 Å². The van der Waals surface area contributed by atoms with Crippen molar-refractivity contribution < 1.29 is 0 Å². The molecule has 0 unspecified atom stereocenters. The van der Waals surface area contributed by atoms with Gasteiger partial charge in [-0.2, -0.15) is 21.0 Å². The van der Waals surface area contributed by atoms with E-state index >= 15 is 0 Å². The first-order valence-electron chi connectivity index (χ1n) is 4.08. The summed E-state index contributed by atoms with van der Waals surface area (Å²) in [5.41, 5.74) is -3.48. The number of nitrogens with zero attached hydrogens (tertiary/aromatic N) is 4. The second kappa shape index (κ2) is 3.62. The van der Waals surface area contributed by atoms with E-state index in [2.05, 4.69) is 0 Å². The van der Waals surface area contributed by atoms with Crippen LogP contribution < -0.4 is 0 Å². The summed E-state index contributed by atoms with van der Waals surface area (Å²) in [6, 6.07) is 6.94. The molecule has 0 heterocycles. The fourth-order valence-corrected chi connectivity index (χ4v) is 1.92. The molecule has 0 spiro atoms. The second-order valence-corrected chi connectivity index (χ2v) is 3.66. The quantitative estimate of drug-likeness (QED) is 0.454. The van der Waals surface area contributed by atoms with Gasteiger partial charge in [0.15, 0.2) is 10.8 Å². The molecular weight excluding hydrogens is 212 g/mol. The van der Waals surface area contributed by atoms with Crippen molar-refractivity contribution in [2.75, 3.05) is 0 Å². The Hall–Kier alpha value is -2.01. The van der Waals surface area contributed by atoms with Crippen LogP contribution in [0.5, 0.6) is 0 Å². The van der Waals surface area contributed by atoms with Crippen LogP contribution in [0.1, 0.15) is 6.42 Å².